The van der Waals surface area contributed by atoms with E-state index in [9.17, 15) is 9.59 Å². The maximum absolute atomic E-state index is 11.7. The van der Waals surface area contributed by atoms with Crippen molar-refractivity contribution in [3.05, 3.63) is 23.8 Å². The SMILES string of the molecule is CCOC(=O)C(C)(N)COc1ccc2c(c1)CCC(=O)N2. The Kier molecular flexibility index (Phi) is 4.47. The monoisotopic (exact) mass is 292 g/mol. The zero-order valence-corrected chi connectivity index (χ0v) is 12.3. The number of esters is 1. The molecule has 6 nitrogen and oxygen atoms in total. The summed E-state index contributed by atoms with van der Waals surface area (Å²) in [6, 6.07) is 5.39. The summed E-state index contributed by atoms with van der Waals surface area (Å²) in [5.74, 6) is 0.147. The van der Waals surface area contributed by atoms with E-state index >= 15 is 0 Å². The Morgan fingerprint density at radius 1 is 1.43 bits per heavy atom. The smallest absolute Gasteiger partial charge is 0.329 e. The molecule has 0 radical (unpaired) electrons. The van der Waals surface area contributed by atoms with Crippen molar-refractivity contribution in [3.8, 4) is 5.75 Å². The highest BCUT2D eigenvalue weighted by molar-refractivity contribution is 5.94. The van der Waals surface area contributed by atoms with Gasteiger partial charge in [-0.05, 0) is 44.0 Å². The van der Waals surface area contributed by atoms with E-state index in [1.54, 1.807) is 26.0 Å². The van der Waals surface area contributed by atoms with Gasteiger partial charge in [0.1, 0.15) is 17.9 Å². The molecule has 1 atom stereocenters. The molecule has 0 bridgehead atoms. The molecule has 3 N–H and O–H groups in total. The molecular weight excluding hydrogens is 272 g/mol. The molecule has 1 aliphatic heterocycles. The highest BCUT2D eigenvalue weighted by Crippen LogP contribution is 2.27. The molecule has 0 saturated carbocycles. The summed E-state index contributed by atoms with van der Waals surface area (Å²) >= 11 is 0. The van der Waals surface area contributed by atoms with Crippen LogP contribution in [0.15, 0.2) is 18.2 Å². The van der Waals surface area contributed by atoms with Crippen LogP contribution < -0.4 is 15.8 Å². The van der Waals surface area contributed by atoms with Gasteiger partial charge in [-0.25, -0.2) is 4.79 Å². The molecule has 1 amide bonds. The van der Waals surface area contributed by atoms with E-state index in [0.717, 1.165) is 11.3 Å². The van der Waals surface area contributed by atoms with Crippen molar-refractivity contribution in [2.45, 2.75) is 32.2 Å². The first-order chi connectivity index (χ1) is 9.92. The van der Waals surface area contributed by atoms with Crippen LogP contribution in [0, 0.1) is 0 Å². The van der Waals surface area contributed by atoms with Gasteiger partial charge >= 0.3 is 5.97 Å². The largest absolute Gasteiger partial charge is 0.491 e. The molecule has 0 saturated heterocycles. The number of amides is 1. The second-order valence-corrected chi connectivity index (χ2v) is 5.29. The van der Waals surface area contributed by atoms with Crippen LogP contribution in [0.25, 0.3) is 0 Å². The minimum atomic E-state index is -1.19. The number of hydrogen-bond acceptors (Lipinski definition) is 5. The van der Waals surface area contributed by atoms with E-state index in [2.05, 4.69) is 5.32 Å². The minimum absolute atomic E-state index is 0.0213. The molecule has 0 aromatic heterocycles. The predicted molar refractivity (Wildman–Crippen MR) is 78.1 cm³/mol. The highest BCUT2D eigenvalue weighted by Gasteiger charge is 2.31. The number of nitrogens with two attached hydrogens (primary N) is 1. The van der Waals surface area contributed by atoms with Gasteiger partial charge in [0.2, 0.25) is 5.91 Å². The molecule has 114 valence electrons. The Morgan fingerprint density at radius 2 is 2.19 bits per heavy atom. The Hall–Kier alpha value is -2.08. The fraction of sp³-hybridized carbons (Fsp3) is 0.467. The molecule has 2 rings (SSSR count). The van der Waals surface area contributed by atoms with E-state index < -0.39 is 11.5 Å². The molecule has 0 aliphatic carbocycles. The van der Waals surface area contributed by atoms with Crippen LogP contribution in [-0.2, 0) is 20.7 Å². The predicted octanol–water partition coefficient (Wildman–Crippen LogP) is 1.23. The molecule has 1 unspecified atom stereocenters. The number of rotatable bonds is 5. The van der Waals surface area contributed by atoms with E-state index in [1.807, 2.05) is 6.07 Å². The van der Waals surface area contributed by atoms with Crippen molar-refractivity contribution in [3.63, 3.8) is 0 Å². The number of anilines is 1. The zero-order valence-electron chi connectivity index (χ0n) is 12.3. The molecule has 1 aromatic rings. The Labute approximate surface area is 123 Å². The van der Waals surface area contributed by atoms with Crippen LogP contribution in [0.2, 0.25) is 0 Å². The van der Waals surface area contributed by atoms with Crippen LogP contribution in [0.3, 0.4) is 0 Å². The van der Waals surface area contributed by atoms with Crippen molar-refractivity contribution in [2.24, 2.45) is 5.73 Å². The maximum atomic E-state index is 11.7. The Balaban J connectivity index is 2.01. The maximum Gasteiger partial charge on any atom is 0.329 e. The van der Waals surface area contributed by atoms with Gasteiger partial charge < -0.3 is 20.5 Å². The van der Waals surface area contributed by atoms with Crippen LogP contribution in [0.1, 0.15) is 25.8 Å². The number of aryl methyl sites for hydroxylation is 1. The summed E-state index contributed by atoms with van der Waals surface area (Å²) in [6.45, 7) is 3.61. The molecule has 1 heterocycles. The quantitative estimate of drug-likeness (QED) is 0.797. The number of hydrogen-bond donors (Lipinski definition) is 2. The number of ether oxygens (including phenoxy) is 2. The Bertz CT molecular complexity index is 555. The molecule has 0 fully saturated rings. The number of carbonyl (C=O) groups is 2. The lowest BCUT2D eigenvalue weighted by Crippen LogP contribution is -2.51. The van der Waals surface area contributed by atoms with Crippen molar-refractivity contribution in [1.82, 2.24) is 0 Å². The standard InChI is InChI=1S/C15H20N2O4/c1-3-20-14(19)15(2,16)9-21-11-5-6-12-10(8-11)4-7-13(18)17-12/h5-6,8H,3-4,7,9,16H2,1-2H3,(H,17,18). The van der Waals surface area contributed by atoms with Crippen molar-refractivity contribution >= 4 is 17.6 Å². The average Bonchev–Trinajstić information content (AvgIpc) is 2.45. The lowest BCUT2D eigenvalue weighted by atomic mass is 10.0. The number of fused-ring (bicyclic) bond motifs is 1. The van der Waals surface area contributed by atoms with Gasteiger partial charge in [0.25, 0.3) is 0 Å². The zero-order chi connectivity index (χ0) is 15.5. The van der Waals surface area contributed by atoms with Gasteiger partial charge in [-0.15, -0.1) is 0 Å². The summed E-state index contributed by atoms with van der Waals surface area (Å²) < 4.78 is 10.5. The van der Waals surface area contributed by atoms with Gasteiger partial charge in [-0.2, -0.15) is 0 Å². The van der Waals surface area contributed by atoms with Crippen molar-refractivity contribution in [2.75, 3.05) is 18.5 Å². The first kappa shape index (κ1) is 15.3. The third-order valence-corrected chi connectivity index (χ3v) is 3.25. The van der Waals surface area contributed by atoms with Gasteiger partial charge in [-0.1, -0.05) is 0 Å². The lowest BCUT2D eigenvalue weighted by Gasteiger charge is -2.23. The number of nitrogens with one attached hydrogen (secondary N) is 1. The van der Waals surface area contributed by atoms with Gasteiger partial charge in [-0.3, -0.25) is 4.79 Å². The molecule has 6 heteroatoms. The van der Waals surface area contributed by atoms with Crippen molar-refractivity contribution < 1.29 is 19.1 Å². The highest BCUT2D eigenvalue weighted by atomic mass is 16.5. The summed E-state index contributed by atoms with van der Waals surface area (Å²) in [5, 5.41) is 2.80. The number of benzene rings is 1. The van der Waals surface area contributed by atoms with Gasteiger partial charge in [0.05, 0.1) is 6.61 Å². The van der Waals surface area contributed by atoms with E-state index in [-0.39, 0.29) is 19.1 Å². The number of carbonyl (C=O) groups excluding carboxylic acids is 2. The molecule has 0 spiro atoms. The van der Waals surface area contributed by atoms with Crippen LogP contribution in [0.5, 0.6) is 5.75 Å². The molecular formula is C15H20N2O4. The van der Waals surface area contributed by atoms with E-state index in [4.69, 9.17) is 15.2 Å². The first-order valence-corrected chi connectivity index (χ1v) is 6.94. The van der Waals surface area contributed by atoms with Gasteiger partial charge in [0.15, 0.2) is 0 Å². The third-order valence-electron chi connectivity index (χ3n) is 3.25. The molecule has 1 aromatic carbocycles. The summed E-state index contributed by atoms with van der Waals surface area (Å²) in [4.78, 5) is 23.0. The second-order valence-electron chi connectivity index (χ2n) is 5.29. The fourth-order valence-corrected chi connectivity index (χ4v) is 2.04. The molecule has 21 heavy (non-hydrogen) atoms. The van der Waals surface area contributed by atoms with Crippen LogP contribution in [0.4, 0.5) is 5.69 Å². The fourth-order valence-electron chi connectivity index (χ4n) is 2.04. The summed E-state index contributed by atoms with van der Waals surface area (Å²) in [5.41, 5.74) is 6.52. The minimum Gasteiger partial charge on any atom is -0.491 e. The van der Waals surface area contributed by atoms with E-state index in [0.29, 0.717) is 18.6 Å². The van der Waals surface area contributed by atoms with E-state index in [1.165, 1.54) is 0 Å². The summed E-state index contributed by atoms with van der Waals surface area (Å²) in [6.07, 6.45) is 1.14. The Morgan fingerprint density at radius 3 is 2.90 bits per heavy atom. The first-order valence-electron chi connectivity index (χ1n) is 6.94. The normalized spacial score (nSPS) is 16.4. The summed E-state index contributed by atoms with van der Waals surface area (Å²) in [7, 11) is 0. The van der Waals surface area contributed by atoms with Crippen molar-refractivity contribution in [1.29, 1.82) is 0 Å². The molecule has 1 aliphatic rings. The lowest BCUT2D eigenvalue weighted by molar-refractivity contribution is -0.150. The third kappa shape index (κ3) is 3.72. The average molecular weight is 292 g/mol. The second kappa shape index (κ2) is 6.13. The topological polar surface area (TPSA) is 90.7 Å². The van der Waals surface area contributed by atoms with Gasteiger partial charge in [0, 0.05) is 12.1 Å². The van der Waals surface area contributed by atoms with Crippen LogP contribution >= 0.6 is 0 Å². The van der Waals surface area contributed by atoms with Crippen LogP contribution in [-0.4, -0.2) is 30.6 Å².